The zero-order valence-corrected chi connectivity index (χ0v) is 10.1. The van der Waals surface area contributed by atoms with Gasteiger partial charge >= 0.3 is 0 Å². The number of benzene rings is 1. The predicted molar refractivity (Wildman–Crippen MR) is 61.7 cm³/mol. The van der Waals surface area contributed by atoms with Gasteiger partial charge in [0.15, 0.2) is 12.6 Å². The lowest BCUT2D eigenvalue weighted by molar-refractivity contribution is -0.254. The van der Waals surface area contributed by atoms with Crippen molar-refractivity contribution in [2.24, 2.45) is 0 Å². The predicted octanol–water partition coefficient (Wildman–Crippen LogP) is 0.833. The molecule has 3 rings (SSSR count). The molecule has 0 saturated carbocycles. The summed E-state index contributed by atoms with van der Waals surface area (Å²) in [5, 5.41) is 9.69. The van der Waals surface area contributed by atoms with Crippen LogP contribution in [0.2, 0.25) is 0 Å². The molecule has 0 bridgehead atoms. The maximum atomic E-state index is 9.69. The summed E-state index contributed by atoms with van der Waals surface area (Å²) in [5.41, 5.74) is 0.951. The first-order valence-corrected chi connectivity index (χ1v) is 5.98. The molecular weight excluding hydrogens is 236 g/mol. The molecule has 1 aromatic carbocycles. The standard InChI is InChI=1S/C13H16O5/c1-15-11-10-9(17-12(11)14)7-16-13(18-10)8-5-3-2-4-6-8/h2-6,9-14H,7H2,1H3/t9-,10+,11-,12+,13?/m1/s1. The Bertz CT molecular complexity index is 396. The maximum absolute atomic E-state index is 9.69. The van der Waals surface area contributed by atoms with Crippen LogP contribution in [0.25, 0.3) is 0 Å². The van der Waals surface area contributed by atoms with Gasteiger partial charge in [0.2, 0.25) is 0 Å². The fraction of sp³-hybridized carbons (Fsp3) is 0.538. The summed E-state index contributed by atoms with van der Waals surface area (Å²) in [7, 11) is 1.54. The van der Waals surface area contributed by atoms with Crippen LogP contribution >= 0.6 is 0 Å². The van der Waals surface area contributed by atoms with E-state index in [2.05, 4.69) is 0 Å². The van der Waals surface area contributed by atoms with Gasteiger partial charge in [-0.25, -0.2) is 0 Å². The van der Waals surface area contributed by atoms with Crippen LogP contribution < -0.4 is 0 Å². The second kappa shape index (κ2) is 4.95. The van der Waals surface area contributed by atoms with Crippen LogP contribution in [0.15, 0.2) is 30.3 Å². The molecule has 18 heavy (non-hydrogen) atoms. The minimum absolute atomic E-state index is 0.273. The molecule has 1 unspecified atom stereocenters. The van der Waals surface area contributed by atoms with Crippen molar-refractivity contribution in [3.05, 3.63) is 35.9 Å². The van der Waals surface area contributed by atoms with E-state index in [1.165, 1.54) is 7.11 Å². The number of methoxy groups -OCH3 is 1. The molecule has 98 valence electrons. The molecule has 0 spiro atoms. The quantitative estimate of drug-likeness (QED) is 0.845. The first-order chi connectivity index (χ1) is 8.79. The van der Waals surface area contributed by atoms with E-state index in [0.717, 1.165) is 5.56 Å². The Balaban J connectivity index is 1.76. The SMILES string of the molecule is CO[C@@H]1[C@H]2OC(c3ccccc3)OC[C@H]2O[C@@H]1O. The molecule has 1 aromatic rings. The zero-order chi connectivity index (χ0) is 12.5. The van der Waals surface area contributed by atoms with Gasteiger partial charge in [0, 0.05) is 12.7 Å². The molecule has 2 fully saturated rings. The van der Waals surface area contributed by atoms with Crippen molar-refractivity contribution in [1.29, 1.82) is 0 Å². The van der Waals surface area contributed by atoms with Crippen LogP contribution in [0, 0.1) is 0 Å². The van der Waals surface area contributed by atoms with Crippen molar-refractivity contribution in [2.45, 2.75) is 30.9 Å². The second-order valence-corrected chi connectivity index (χ2v) is 4.44. The Morgan fingerprint density at radius 3 is 2.72 bits per heavy atom. The highest BCUT2D eigenvalue weighted by Gasteiger charge is 2.49. The molecule has 5 heteroatoms. The summed E-state index contributed by atoms with van der Waals surface area (Å²) in [5.74, 6) is 0. The van der Waals surface area contributed by atoms with Gasteiger partial charge in [-0.2, -0.15) is 0 Å². The highest BCUT2D eigenvalue weighted by atomic mass is 16.7. The van der Waals surface area contributed by atoms with Crippen LogP contribution in [-0.4, -0.2) is 43.4 Å². The van der Waals surface area contributed by atoms with Crippen molar-refractivity contribution in [3.8, 4) is 0 Å². The van der Waals surface area contributed by atoms with Crippen molar-refractivity contribution >= 4 is 0 Å². The molecule has 2 heterocycles. The second-order valence-electron chi connectivity index (χ2n) is 4.44. The smallest absolute Gasteiger partial charge is 0.184 e. The van der Waals surface area contributed by atoms with Crippen molar-refractivity contribution < 1.29 is 24.1 Å². The van der Waals surface area contributed by atoms with Gasteiger partial charge < -0.3 is 24.1 Å². The van der Waals surface area contributed by atoms with Gasteiger partial charge in [0.05, 0.1) is 6.61 Å². The third kappa shape index (κ3) is 2.04. The van der Waals surface area contributed by atoms with Crippen LogP contribution in [0.1, 0.15) is 11.9 Å². The summed E-state index contributed by atoms with van der Waals surface area (Å²) in [6.07, 6.45) is -2.43. The van der Waals surface area contributed by atoms with Crippen LogP contribution in [0.3, 0.4) is 0 Å². The lowest BCUT2D eigenvalue weighted by Crippen LogP contribution is -2.43. The fourth-order valence-corrected chi connectivity index (χ4v) is 2.41. The van der Waals surface area contributed by atoms with E-state index in [4.69, 9.17) is 18.9 Å². The Morgan fingerprint density at radius 2 is 2.00 bits per heavy atom. The Kier molecular flexibility index (Phi) is 3.32. The summed E-state index contributed by atoms with van der Waals surface area (Å²) >= 11 is 0. The minimum atomic E-state index is -0.955. The normalized spacial score (nSPS) is 39.6. The minimum Gasteiger partial charge on any atom is -0.373 e. The highest BCUT2D eigenvalue weighted by molar-refractivity contribution is 5.16. The monoisotopic (exact) mass is 252 g/mol. The molecule has 5 atom stereocenters. The van der Waals surface area contributed by atoms with Gasteiger partial charge in [-0.3, -0.25) is 0 Å². The summed E-state index contributed by atoms with van der Waals surface area (Å²) in [4.78, 5) is 0. The average Bonchev–Trinajstić information content (AvgIpc) is 2.74. The van der Waals surface area contributed by atoms with E-state index in [9.17, 15) is 5.11 Å². The van der Waals surface area contributed by atoms with Crippen molar-refractivity contribution in [2.75, 3.05) is 13.7 Å². The van der Waals surface area contributed by atoms with Gasteiger partial charge in [-0.1, -0.05) is 30.3 Å². The lowest BCUT2D eigenvalue weighted by atomic mass is 10.1. The first-order valence-electron chi connectivity index (χ1n) is 5.98. The van der Waals surface area contributed by atoms with E-state index < -0.39 is 18.7 Å². The Labute approximate surface area is 105 Å². The molecule has 0 aromatic heterocycles. The lowest BCUT2D eigenvalue weighted by Gasteiger charge is -2.33. The Hall–Kier alpha value is -0.980. The van der Waals surface area contributed by atoms with E-state index in [1.807, 2.05) is 30.3 Å². The van der Waals surface area contributed by atoms with Crippen LogP contribution in [-0.2, 0) is 18.9 Å². The number of rotatable bonds is 2. The number of hydrogen-bond acceptors (Lipinski definition) is 5. The number of hydrogen-bond donors (Lipinski definition) is 1. The molecule has 0 aliphatic carbocycles. The third-order valence-electron chi connectivity index (χ3n) is 3.32. The van der Waals surface area contributed by atoms with Crippen molar-refractivity contribution in [3.63, 3.8) is 0 Å². The van der Waals surface area contributed by atoms with Gasteiger partial charge in [0.25, 0.3) is 0 Å². The summed E-state index contributed by atoms with van der Waals surface area (Å²) in [6.45, 7) is 0.390. The molecule has 5 nitrogen and oxygen atoms in total. The summed E-state index contributed by atoms with van der Waals surface area (Å²) < 4.78 is 22.0. The van der Waals surface area contributed by atoms with Crippen LogP contribution in [0.5, 0.6) is 0 Å². The summed E-state index contributed by atoms with van der Waals surface area (Å²) in [6, 6.07) is 9.69. The number of fused-ring (bicyclic) bond motifs is 1. The molecule has 2 aliphatic heterocycles. The number of aliphatic hydroxyl groups excluding tert-OH is 1. The molecule has 2 aliphatic rings. The first kappa shape index (κ1) is 12.1. The molecule has 1 N–H and O–H groups in total. The maximum Gasteiger partial charge on any atom is 0.184 e. The van der Waals surface area contributed by atoms with Gasteiger partial charge in [-0.05, 0) is 0 Å². The molecular formula is C13H16O5. The topological polar surface area (TPSA) is 57.2 Å². The number of aliphatic hydroxyl groups is 1. The Morgan fingerprint density at radius 1 is 1.22 bits per heavy atom. The van der Waals surface area contributed by atoms with E-state index in [0.29, 0.717) is 6.61 Å². The largest absolute Gasteiger partial charge is 0.373 e. The van der Waals surface area contributed by atoms with E-state index in [-0.39, 0.29) is 12.2 Å². The van der Waals surface area contributed by atoms with Crippen molar-refractivity contribution in [1.82, 2.24) is 0 Å². The zero-order valence-electron chi connectivity index (χ0n) is 10.1. The molecule has 0 radical (unpaired) electrons. The molecule has 0 amide bonds. The van der Waals surface area contributed by atoms with E-state index in [1.54, 1.807) is 0 Å². The van der Waals surface area contributed by atoms with Gasteiger partial charge in [-0.15, -0.1) is 0 Å². The highest BCUT2D eigenvalue weighted by Crippen LogP contribution is 2.35. The average molecular weight is 252 g/mol. The van der Waals surface area contributed by atoms with E-state index >= 15 is 0 Å². The fourth-order valence-electron chi connectivity index (χ4n) is 2.41. The van der Waals surface area contributed by atoms with Gasteiger partial charge in [0.1, 0.15) is 18.3 Å². The molecule has 2 saturated heterocycles. The third-order valence-corrected chi connectivity index (χ3v) is 3.32. The van der Waals surface area contributed by atoms with Crippen LogP contribution in [0.4, 0.5) is 0 Å². The number of ether oxygens (including phenoxy) is 4.